The fourth-order valence-electron chi connectivity index (χ4n) is 2.95. The monoisotopic (exact) mass is 413 g/mol. The number of rotatable bonds is 1. The standard InChI is InChI=1S/C20H16BrNO2S/c21-14-2-1-3-18-15(5-4-14)17(23)12-19(24-18)16-6-7-20-13(8-10-22-16)9-11-25-20/h2-3,5,7-13H,1,4,6H2/b10-8?,14-2?,15-5-,18-3-,20-7+,22-16+. The van der Waals surface area contributed by atoms with Crippen LogP contribution in [-0.4, -0.2) is 5.71 Å². The third-order valence-electron chi connectivity index (χ3n) is 4.28. The van der Waals surface area contributed by atoms with Gasteiger partial charge in [0.05, 0.1) is 10.9 Å². The summed E-state index contributed by atoms with van der Waals surface area (Å²) in [5, 5.41) is 2.73. The van der Waals surface area contributed by atoms with Crippen LogP contribution in [0.2, 0.25) is 0 Å². The highest BCUT2D eigenvalue weighted by atomic mass is 79.9. The summed E-state index contributed by atoms with van der Waals surface area (Å²) in [6.07, 6.45) is 16.2. The molecule has 1 aliphatic carbocycles. The number of hydrogen-bond donors (Lipinski definition) is 0. The molecule has 0 spiro atoms. The van der Waals surface area contributed by atoms with Gasteiger partial charge in [-0.05, 0) is 33.7 Å². The lowest BCUT2D eigenvalue weighted by Crippen LogP contribution is -2.39. The summed E-state index contributed by atoms with van der Waals surface area (Å²) < 4.78 is 7.13. The average molecular weight is 414 g/mol. The number of thioether (sulfide) groups is 1. The van der Waals surface area contributed by atoms with Crippen LogP contribution in [-0.2, 0) is 0 Å². The molecule has 0 fully saturated rings. The summed E-state index contributed by atoms with van der Waals surface area (Å²) in [6.45, 7) is 0. The molecule has 126 valence electrons. The summed E-state index contributed by atoms with van der Waals surface area (Å²) in [6, 6.07) is 1.56. The molecule has 0 amide bonds. The van der Waals surface area contributed by atoms with Gasteiger partial charge in [-0.3, -0.25) is 9.79 Å². The Morgan fingerprint density at radius 3 is 3.00 bits per heavy atom. The van der Waals surface area contributed by atoms with Crippen LogP contribution in [0.25, 0.3) is 12.2 Å². The summed E-state index contributed by atoms with van der Waals surface area (Å²) in [7, 11) is 0. The predicted molar refractivity (Wildman–Crippen MR) is 108 cm³/mol. The van der Waals surface area contributed by atoms with E-state index in [4.69, 9.17) is 4.42 Å². The molecule has 4 rings (SSSR count). The van der Waals surface area contributed by atoms with E-state index in [1.807, 2.05) is 18.4 Å². The summed E-state index contributed by atoms with van der Waals surface area (Å²) >= 11 is 5.24. The number of fused-ring (bicyclic) bond motifs is 2. The van der Waals surface area contributed by atoms with Crippen LogP contribution in [0.1, 0.15) is 25.0 Å². The minimum absolute atomic E-state index is 0.0223. The van der Waals surface area contributed by atoms with Crippen LogP contribution >= 0.6 is 27.7 Å². The maximum atomic E-state index is 12.6. The second-order valence-electron chi connectivity index (χ2n) is 5.95. The SMILES string of the molecule is O=c1cc(/C2=N/C=CC3C=CS/C3=C/C2)oc2/c1=C\CC(Br)=CC/C=2. The molecular formula is C20H16BrNO2S. The van der Waals surface area contributed by atoms with E-state index in [0.29, 0.717) is 35.2 Å². The molecule has 1 unspecified atom stereocenters. The minimum Gasteiger partial charge on any atom is -0.455 e. The molecule has 3 aliphatic rings. The van der Waals surface area contributed by atoms with E-state index in [-0.39, 0.29) is 5.43 Å². The highest BCUT2D eigenvalue weighted by Crippen LogP contribution is 2.35. The minimum atomic E-state index is -0.0223. The molecule has 5 heteroatoms. The Morgan fingerprint density at radius 2 is 2.08 bits per heavy atom. The fourth-order valence-corrected chi connectivity index (χ4v) is 4.20. The van der Waals surface area contributed by atoms with Gasteiger partial charge >= 0.3 is 0 Å². The number of aliphatic imine (C=N–C) groups is 1. The second-order valence-corrected chi connectivity index (χ2v) is 7.95. The zero-order valence-corrected chi connectivity index (χ0v) is 15.8. The van der Waals surface area contributed by atoms with E-state index in [0.717, 1.165) is 16.6 Å². The van der Waals surface area contributed by atoms with Gasteiger partial charge < -0.3 is 4.42 Å². The molecule has 0 N–H and O–H groups in total. The van der Waals surface area contributed by atoms with Crippen molar-refractivity contribution in [2.45, 2.75) is 19.3 Å². The third kappa shape index (κ3) is 3.58. The Hall–Kier alpha value is -1.85. The van der Waals surface area contributed by atoms with E-state index < -0.39 is 0 Å². The average Bonchev–Trinajstić information content (AvgIpc) is 2.98. The lowest BCUT2D eigenvalue weighted by atomic mass is 10.1. The van der Waals surface area contributed by atoms with Gasteiger partial charge in [-0.25, -0.2) is 0 Å². The van der Waals surface area contributed by atoms with Crippen LogP contribution < -0.4 is 16.1 Å². The first-order chi connectivity index (χ1) is 12.2. The van der Waals surface area contributed by atoms with E-state index in [9.17, 15) is 4.79 Å². The van der Waals surface area contributed by atoms with Crippen molar-refractivity contribution in [2.24, 2.45) is 10.9 Å². The van der Waals surface area contributed by atoms with Gasteiger partial charge in [0.1, 0.15) is 5.42 Å². The number of hydrogen-bond acceptors (Lipinski definition) is 4. The summed E-state index contributed by atoms with van der Waals surface area (Å²) in [4.78, 5) is 18.4. The normalized spacial score (nSPS) is 28.8. The Labute approximate surface area is 158 Å². The third-order valence-corrected chi connectivity index (χ3v) is 5.93. The van der Waals surface area contributed by atoms with Gasteiger partial charge in [-0.1, -0.05) is 46.3 Å². The van der Waals surface area contributed by atoms with Crippen LogP contribution in [0, 0.1) is 5.92 Å². The van der Waals surface area contributed by atoms with Gasteiger partial charge in [0.2, 0.25) is 0 Å². The zero-order valence-electron chi connectivity index (χ0n) is 13.4. The maximum absolute atomic E-state index is 12.6. The fraction of sp³-hybridized carbons (Fsp3) is 0.200. The first-order valence-corrected chi connectivity index (χ1v) is 9.84. The molecule has 3 heterocycles. The predicted octanol–water partition coefficient (Wildman–Crippen LogP) is 3.74. The largest absolute Gasteiger partial charge is 0.455 e. The van der Waals surface area contributed by atoms with E-state index in [1.54, 1.807) is 17.8 Å². The number of allylic oxidation sites excluding steroid dienone is 6. The lowest BCUT2D eigenvalue weighted by molar-refractivity contribution is 0.497. The first-order valence-electron chi connectivity index (χ1n) is 8.17. The molecule has 2 aliphatic heterocycles. The second kappa shape index (κ2) is 7.18. The smallest absolute Gasteiger partial charge is 0.193 e. The van der Waals surface area contributed by atoms with Crippen molar-refractivity contribution in [1.29, 1.82) is 0 Å². The van der Waals surface area contributed by atoms with Gasteiger partial charge in [0.15, 0.2) is 11.2 Å². The van der Waals surface area contributed by atoms with E-state index in [2.05, 4.69) is 50.6 Å². The van der Waals surface area contributed by atoms with Crippen LogP contribution in [0.3, 0.4) is 0 Å². The molecule has 0 bridgehead atoms. The van der Waals surface area contributed by atoms with E-state index >= 15 is 0 Å². The van der Waals surface area contributed by atoms with Crippen molar-refractivity contribution >= 4 is 45.6 Å². The molecule has 0 saturated carbocycles. The Bertz CT molecular complexity index is 1040. The quantitative estimate of drug-likeness (QED) is 0.703. The van der Waals surface area contributed by atoms with Crippen molar-refractivity contribution in [2.75, 3.05) is 0 Å². The Kier molecular flexibility index (Phi) is 4.77. The molecule has 0 radical (unpaired) electrons. The highest BCUT2D eigenvalue weighted by molar-refractivity contribution is 9.11. The molecule has 3 nitrogen and oxygen atoms in total. The molecule has 1 aromatic heterocycles. The highest BCUT2D eigenvalue weighted by Gasteiger charge is 2.16. The van der Waals surface area contributed by atoms with Crippen molar-refractivity contribution in [1.82, 2.24) is 0 Å². The summed E-state index contributed by atoms with van der Waals surface area (Å²) in [5.41, 5.74) is 1.39. The van der Waals surface area contributed by atoms with Gasteiger partial charge in [0, 0.05) is 24.6 Å². The maximum Gasteiger partial charge on any atom is 0.193 e. The Morgan fingerprint density at radius 1 is 1.16 bits per heavy atom. The van der Waals surface area contributed by atoms with Crippen molar-refractivity contribution in [3.05, 3.63) is 78.0 Å². The molecular weight excluding hydrogens is 398 g/mol. The van der Waals surface area contributed by atoms with Gasteiger partial charge in [-0.2, -0.15) is 0 Å². The van der Waals surface area contributed by atoms with Gasteiger partial charge in [-0.15, -0.1) is 11.8 Å². The van der Waals surface area contributed by atoms with Crippen LogP contribution in [0.5, 0.6) is 0 Å². The van der Waals surface area contributed by atoms with Crippen molar-refractivity contribution < 1.29 is 4.42 Å². The zero-order chi connectivity index (χ0) is 17.2. The van der Waals surface area contributed by atoms with E-state index in [1.165, 1.54) is 4.91 Å². The summed E-state index contributed by atoms with van der Waals surface area (Å²) in [5.74, 6) is 0.874. The number of nitrogens with zero attached hydrogens (tertiary/aromatic N) is 1. The number of halogens is 1. The Balaban J connectivity index is 1.77. The first kappa shape index (κ1) is 16.6. The molecule has 1 atom stereocenters. The molecule has 0 saturated heterocycles. The topological polar surface area (TPSA) is 42.6 Å². The van der Waals surface area contributed by atoms with Crippen LogP contribution in [0.4, 0.5) is 0 Å². The molecule has 0 aromatic carbocycles. The van der Waals surface area contributed by atoms with Crippen molar-refractivity contribution in [3.8, 4) is 0 Å². The lowest BCUT2D eigenvalue weighted by Gasteiger charge is -2.09. The molecule has 25 heavy (non-hydrogen) atoms. The van der Waals surface area contributed by atoms with Crippen LogP contribution in [0.15, 0.2) is 65.6 Å². The van der Waals surface area contributed by atoms with Crippen molar-refractivity contribution in [3.63, 3.8) is 0 Å². The van der Waals surface area contributed by atoms with Gasteiger partial charge in [0.25, 0.3) is 0 Å². The molecule has 1 aromatic rings.